The molecule has 162 valence electrons. The topological polar surface area (TPSA) is 49.3 Å². The zero-order chi connectivity index (χ0) is 19.0. The molecule has 1 fully saturated rings. The van der Waals surface area contributed by atoms with Gasteiger partial charge in [-0.25, -0.2) is 0 Å². The number of halogens is 1. The molecular formula is C20H43IN4O2. The summed E-state index contributed by atoms with van der Waals surface area (Å²) in [6.07, 6.45) is 7.62. The van der Waals surface area contributed by atoms with Gasteiger partial charge in [-0.3, -0.25) is 4.99 Å². The Hall–Kier alpha value is -0.120. The van der Waals surface area contributed by atoms with Gasteiger partial charge in [0.1, 0.15) is 0 Å². The SMILES string of the molecule is CCNC(=NCCCCCCCN(C)C)N1CCC(COCCOC)C1.I. The fraction of sp³-hybridized carbons (Fsp3) is 0.950. The zero-order valence-electron chi connectivity index (χ0n) is 18.0. The second-order valence-electron chi connectivity index (χ2n) is 7.48. The Morgan fingerprint density at radius 3 is 2.59 bits per heavy atom. The summed E-state index contributed by atoms with van der Waals surface area (Å²) in [5.41, 5.74) is 0. The molecule has 6 nitrogen and oxygen atoms in total. The van der Waals surface area contributed by atoms with Crippen LogP contribution in [0, 0.1) is 5.92 Å². The molecule has 0 bridgehead atoms. The average Bonchev–Trinajstić information content (AvgIpc) is 3.08. The Morgan fingerprint density at radius 2 is 1.89 bits per heavy atom. The molecule has 1 rings (SSSR count). The van der Waals surface area contributed by atoms with Gasteiger partial charge >= 0.3 is 0 Å². The lowest BCUT2D eigenvalue weighted by Crippen LogP contribution is -2.40. The minimum atomic E-state index is 0. The second-order valence-corrected chi connectivity index (χ2v) is 7.48. The molecule has 0 aromatic rings. The summed E-state index contributed by atoms with van der Waals surface area (Å²) < 4.78 is 10.7. The van der Waals surface area contributed by atoms with E-state index in [4.69, 9.17) is 14.5 Å². The monoisotopic (exact) mass is 498 g/mol. The number of nitrogens with one attached hydrogen (secondary N) is 1. The maximum atomic E-state index is 5.69. The number of nitrogens with zero attached hydrogens (tertiary/aromatic N) is 3. The molecule has 1 saturated heterocycles. The van der Waals surface area contributed by atoms with E-state index in [9.17, 15) is 0 Å². The number of hydrogen-bond acceptors (Lipinski definition) is 4. The molecule has 0 aliphatic carbocycles. The van der Waals surface area contributed by atoms with E-state index in [1.165, 1.54) is 45.1 Å². The average molecular weight is 498 g/mol. The molecule has 0 amide bonds. The molecule has 0 radical (unpaired) electrons. The number of likely N-dealkylation sites (tertiary alicyclic amines) is 1. The molecule has 1 aliphatic rings. The Bertz CT molecular complexity index is 370. The van der Waals surface area contributed by atoms with Crippen LogP contribution >= 0.6 is 24.0 Å². The van der Waals surface area contributed by atoms with E-state index < -0.39 is 0 Å². The van der Waals surface area contributed by atoms with Crippen molar-refractivity contribution >= 4 is 29.9 Å². The van der Waals surface area contributed by atoms with Crippen LogP contribution in [-0.2, 0) is 9.47 Å². The van der Waals surface area contributed by atoms with Crippen molar-refractivity contribution in [3.05, 3.63) is 0 Å². The van der Waals surface area contributed by atoms with E-state index in [1.54, 1.807) is 7.11 Å². The van der Waals surface area contributed by atoms with Crippen molar-refractivity contribution in [1.82, 2.24) is 15.1 Å². The van der Waals surface area contributed by atoms with Gasteiger partial charge in [0.2, 0.25) is 0 Å². The van der Waals surface area contributed by atoms with Gasteiger partial charge in [0.05, 0.1) is 19.8 Å². The van der Waals surface area contributed by atoms with E-state index in [-0.39, 0.29) is 24.0 Å². The highest BCUT2D eigenvalue weighted by molar-refractivity contribution is 14.0. The standard InChI is InChI=1S/C20H42N4O2.HI/c1-5-21-20(22-12-9-7-6-8-10-13-23(2)3)24-14-11-19(17-24)18-26-16-15-25-4;/h19H,5-18H2,1-4H3,(H,21,22);1H. The number of rotatable bonds is 14. The van der Waals surface area contributed by atoms with Crippen LogP contribution in [0.15, 0.2) is 4.99 Å². The molecule has 1 heterocycles. The largest absolute Gasteiger partial charge is 0.382 e. The van der Waals surface area contributed by atoms with Crippen LogP contribution in [0.2, 0.25) is 0 Å². The maximum absolute atomic E-state index is 5.69. The van der Waals surface area contributed by atoms with E-state index >= 15 is 0 Å². The lowest BCUT2D eigenvalue weighted by molar-refractivity contribution is 0.0536. The zero-order valence-corrected chi connectivity index (χ0v) is 20.4. The van der Waals surface area contributed by atoms with Crippen molar-refractivity contribution in [1.29, 1.82) is 0 Å². The van der Waals surface area contributed by atoms with Crippen molar-refractivity contribution in [2.24, 2.45) is 10.9 Å². The van der Waals surface area contributed by atoms with Crippen LogP contribution in [0.4, 0.5) is 0 Å². The van der Waals surface area contributed by atoms with Crippen LogP contribution in [0.25, 0.3) is 0 Å². The van der Waals surface area contributed by atoms with Crippen LogP contribution in [0.5, 0.6) is 0 Å². The Balaban J connectivity index is 0.00000676. The van der Waals surface area contributed by atoms with E-state index in [2.05, 4.69) is 36.1 Å². The number of guanidine groups is 1. The van der Waals surface area contributed by atoms with Gasteiger partial charge in [0.25, 0.3) is 0 Å². The molecule has 1 N–H and O–H groups in total. The Labute approximate surface area is 184 Å². The maximum Gasteiger partial charge on any atom is 0.193 e. The minimum absolute atomic E-state index is 0. The summed E-state index contributed by atoms with van der Waals surface area (Å²) >= 11 is 0. The number of ether oxygens (including phenoxy) is 2. The van der Waals surface area contributed by atoms with Crippen LogP contribution < -0.4 is 5.32 Å². The van der Waals surface area contributed by atoms with Gasteiger partial charge in [-0.05, 0) is 46.8 Å². The fourth-order valence-electron chi connectivity index (χ4n) is 3.23. The highest BCUT2D eigenvalue weighted by atomic mass is 127. The molecule has 0 aromatic heterocycles. The molecule has 0 spiro atoms. The predicted octanol–water partition coefficient (Wildman–Crippen LogP) is 3.07. The first-order valence-corrected chi connectivity index (χ1v) is 10.4. The van der Waals surface area contributed by atoms with Gasteiger partial charge in [-0.2, -0.15) is 0 Å². The third-order valence-corrected chi connectivity index (χ3v) is 4.73. The minimum Gasteiger partial charge on any atom is -0.382 e. The molecule has 1 atom stereocenters. The lowest BCUT2D eigenvalue weighted by Gasteiger charge is -2.21. The van der Waals surface area contributed by atoms with Crippen LogP contribution in [0.3, 0.4) is 0 Å². The first-order chi connectivity index (χ1) is 12.7. The van der Waals surface area contributed by atoms with Crippen molar-refractivity contribution in [3.8, 4) is 0 Å². The van der Waals surface area contributed by atoms with E-state index in [0.717, 1.165) is 38.7 Å². The van der Waals surface area contributed by atoms with Crippen molar-refractivity contribution in [2.75, 3.05) is 73.7 Å². The normalized spacial score (nSPS) is 17.4. The molecule has 0 aromatic carbocycles. The summed E-state index contributed by atoms with van der Waals surface area (Å²) in [6, 6.07) is 0. The summed E-state index contributed by atoms with van der Waals surface area (Å²) in [7, 11) is 6.00. The molecule has 1 aliphatic heterocycles. The fourth-order valence-corrected chi connectivity index (χ4v) is 3.23. The van der Waals surface area contributed by atoms with Gasteiger partial charge in [0, 0.05) is 39.2 Å². The number of aliphatic imine (C=N–C) groups is 1. The van der Waals surface area contributed by atoms with E-state index in [0.29, 0.717) is 19.1 Å². The number of unbranched alkanes of at least 4 members (excludes halogenated alkanes) is 4. The third-order valence-electron chi connectivity index (χ3n) is 4.73. The van der Waals surface area contributed by atoms with Crippen molar-refractivity contribution in [2.45, 2.75) is 45.4 Å². The van der Waals surface area contributed by atoms with Gasteiger partial charge in [0.15, 0.2) is 5.96 Å². The molecular weight excluding hydrogens is 455 g/mol. The molecule has 0 saturated carbocycles. The number of hydrogen-bond donors (Lipinski definition) is 1. The summed E-state index contributed by atoms with van der Waals surface area (Å²) in [6.45, 7) is 9.52. The molecule has 1 unspecified atom stereocenters. The number of methoxy groups -OCH3 is 1. The quantitative estimate of drug-likeness (QED) is 0.173. The van der Waals surface area contributed by atoms with Gasteiger partial charge in [-0.15, -0.1) is 24.0 Å². The third kappa shape index (κ3) is 13.7. The summed E-state index contributed by atoms with van der Waals surface area (Å²) in [5, 5.41) is 3.45. The van der Waals surface area contributed by atoms with Crippen LogP contribution in [-0.4, -0.2) is 89.5 Å². The second kappa shape index (κ2) is 17.9. The lowest BCUT2D eigenvalue weighted by atomic mass is 10.1. The summed E-state index contributed by atoms with van der Waals surface area (Å²) in [4.78, 5) is 9.50. The Kier molecular flexibility index (Phi) is 17.9. The Morgan fingerprint density at radius 1 is 1.15 bits per heavy atom. The molecule has 27 heavy (non-hydrogen) atoms. The van der Waals surface area contributed by atoms with Gasteiger partial charge in [-0.1, -0.05) is 19.3 Å². The van der Waals surface area contributed by atoms with Crippen molar-refractivity contribution < 1.29 is 9.47 Å². The van der Waals surface area contributed by atoms with Crippen LogP contribution in [0.1, 0.15) is 45.4 Å². The van der Waals surface area contributed by atoms with Gasteiger partial charge < -0.3 is 24.6 Å². The summed E-state index contributed by atoms with van der Waals surface area (Å²) in [5.74, 6) is 1.69. The first-order valence-electron chi connectivity index (χ1n) is 10.4. The highest BCUT2D eigenvalue weighted by Crippen LogP contribution is 2.16. The highest BCUT2D eigenvalue weighted by Gasteiger charge is 2.24. The first kappa shape index (κ1) is 26.9. The van der Waals surface area contributed by atoms with E-state index in [1.807, 2.05) is 0 Å². The predicted molar refractivity (Wildman–Crippen MR) is 125 cm³/mol. The smallest absolute Gasteiger partial charge is 0.193 e. The van der Waals surface area contributed by atoms with Crippen molar-refractivity contribution in [3.63, 3.8) is 0 Å². The molecule has 7 heteroatoms.